The number of rotatable bonds is 11. The number of carbonyl (C=O) groups is 2. The van der Waals surface area contributed by atoms with Gasteiger partial charge in [-0.05, 0) is 49.4 Å². The van der Waals surface area contributed by atoms with Gasteiger partial charge in [-0.25, -0.2) is 0 Å². The normalized spacial score (nSPS) is 14.4. The van der Waals surface area contributed by atoms with Crippen LogP contribution >= 0.6 is 0 Å². The highest BCUT2D eigenvalue weighted by atomic mass is 16.2. The fourth-order valence-electron chi connectivity index (χ4n) is 5.18. The average molecular weight is 440 g/mol. The molecule has 5 nitrogen and oxygen atoms in total. The molecule has 0 atom stereocenters. The molecule has 0 aliphatic rings. The SMILES string of the molecule is CC(C)(C)CC(C)(C)CNC(=O)C(C)(C)CC(C)(C)C(=O)NCC(C)(C)CC(C)(C)N. The Bertz CT molecular complexity index is 564. The van der Waals surface area contributed by atoms with Crippen LogP contribution in [0, 0.1) is 27.1 Å². The molecular formula is C26H53N3O2. The standard InChI is InChI=1S/C26H53N3O2/c1-21(2,3)14-22(4,5)17-28-19(30)24(8,9)16-25(10,11)20(31)29-18-23(6,7)15-26(12,13)27/h14-18,27H2,1-13H3,(H,28,30)(H,29,31). The highest BCUT2D eigenvalue weighted by molar-refractivity contribution is 5.85. The molecule has 0 unspecified atom stereocenters. The molecule has 4 N–H and O–H groups in total. The second-order valence-corrected chi connectivity index (χ2v) is 14.5. The molecule has 0 aromatic heterocycles. The first-order valence-electron chi connectivity index (χ1n) is 11.7. The quantitative estimate of drug-likeness (QED) is 0.409. The maximum Gasteiger partial charge on any atom is 0.225 e. The summed E-state index contributed by atoms with van der Waals surface area (Å²) in [5, 5.41) is 6.25. The predicted octanol–water partition coefficient (Wildman–Crippen LogP) is 5.28. The van der Waals surface area contributed by atoms with Crippen LogP contribution in [0.15, 0.2) is 0 Å². The molecule has 0 saturated heterocycles. The van der Waals surface area contributed by atoms with E-state index in [0.717, 1.165) is 12.8 Å². The van der Waals surface area contributed by atoms with E-state index in [2.05, 4.69) is 59.1 Å². The lowest BCUT2D eigenvalue weighted by atomic mass is 9.73. The summed E-state index contributed by atoms with van der Waals surface area (Å²) in [6, 6.07) is 0. The van der Waals surface area contributed by atoms with Gasteiger partial charge >= 0.3 is 0 Å². The molecule has 0 radical (unpaired) electrons. The maximum atomic E-state index is 13.0. The van der Waals surface area contributed by atoms with E-state index in [1.165, 1.54) is 0 Å². The van der Waals surface area contributed by atoms with E-state index in [1.54, 1.807) is 0 Å². The van der Waals surface area contributed by atoms with Gasteiger partial charge in [0.15, 0.2) is 0 Å². The van der Waals surface area contributed by atoms with Gasteiger partial charge < -0.3 is 16.4 Å². The lowest BCUT2D eigenvalue weighted by Gasteiger charge is -2.37. The molecule has 5 heteroatoms. The Morgan fingerprint density at radius 2 is 0.903 bits per heavy atom. The molecule has 0 aromatic rings. The van der Waals surface area contributed by atoms with E-state index in [0.29, 0.717) is 19.5 Å². The van der Waals surface area contributed by atoms with Crippen LogP contribution in [0.2, 0.25) is 0 Å². The van der Waals surface area contributed by atoms with E-state index in [4.69, 9.17) is 5.73 Å². The fraction of sp³-hybridized carbons (Fsp3) is 0.923. The first-order valence-corrected chi connectivity index (χ1v) is 11.7. The lowest BCUT2D eigenvalue weighted by molar-refractivity contribution is -0.136. The van der Waals surface area contributed by atoms with Crippen molar-refractivity contribution in [1.82, 2.24) is 10.6 Å². The molecule has 0 saturated carbocycles. The van der Waals surface area contributed by atoms with E-state index in [1.807, 2.05) is 41.5 Å². The van der Waals surface area contributed by atoms with E-state index >= 15 is 0 Å². The van der Waals surface area contributed by atoms with Crippen molar-refractivity contribution in [3.05, 3.63) is 0 Å². The molecule has 0 fully saturated rings. The molecule has 0 aliphatic heterocycles. The summed E-state index contributed by atoms with van der Waals surface area (Å²) >= 11 is 0. The second-order valence-electron chi connectivity index (χ2n) is 14.5. The van der Waals surface area contributed by atoms with E-state index < -0.39 is 10.8 Å². The summed E-state index contributed by atoms with van der Waals surface area (Å²) in [6.45, 7) is 28.1. The fourth-order valence-corrected chi connectivity index (χ4v) is 5.18. The van der Waals surface area contributed by atoms with Gasteiger partial charge in [-0.2, -0.15) is 0 Å². The van der Waals surface area contributed by atoms with Crippen molar-refractivity contribution in [2.24, 2.45) is 32.8 Å². The van der Waals surface area contributed by atoms with Gasteiger partial charge in [-0.15, -0.1) is 0 Å². The van der Waals surface area contributed by atoms with Crippen LogP contribution in [0.3, 0.4) is 0 Å². The van der Waals surface area contributed by atoms with Crippen molar-refractivity contribution < 1.29 is 9.59 Å². The summed E-state index contributed by atoms with van der Waals surface area (Å²) < 4.78 is 0. The number of hydrogen-bond acceptors (Lipinski definition) is 3. The van der Waals surface area contributed by atoms with Crippen LogP contribution < -0.4 is 16.4 Å². The van der Waals surface area contributed by atoms with Gasteiger partial charge in [0.25, 0.3) is 0 Å². The minimum atomic E-state index is -0.657. The summed E-state index contributed by atoms with van der Waals surface area (Å²) in [4.78, 5) is 26.0. The van der Waals surface area contributed by atoms with Crippen molar-refractivity contribution in [2.75, 3.05) is 13.1 Å². The van der Waals surface area contributed by atoms with Crippen LogP contribution in [-0.2, 0) is 9.59 Å². The zero-order valence-electron chi connectivity index (χ0n) is 22.9. The summed E-state index contributed by atoms with van der Waals surface area (Å²) in [7, 11) is 0. The molecule has 0 spiro atoms. The van der Waals surface area contributed by atoms with Gasteiger partial charge in [0, 0.05) is 29.5 Å². The van der Waals surface area contributed by atoms with Gasteiger partial charge in [0.05, 0.1) is 0 Å². The summed E-state index contributed by atoms with van der Waals surface area (Å²) in [5.41, 5.74) is 4.69. The monoisotopic (exact) mass is 439 g/mol. The Morgan fingerprint density at radius 1 is 0.581 bits per heavy atom. The minimum absolute atomic E-state index is 0.000528. The van der Waals surface area contributed by atoms with Crippen molar-refractivity contribution >= 4 is 11.8 Å². The molecule has 0 heterocycles. The zero-order chi connectivity index (χ0) is 25.1. The van der Waals surface area contributed by atoms with Crippen molar-refractivity contribution in [3.8, 4) is 0 Å². The van der Waals surface area contributed by atoms with Gasteiger partial charge in [0.1, 0.15) is 0 Å². The number of nitrogens with one attached hydrogen (secondary N) is 2. The number of carbonyl (C=O) groups excluding carboxylic acids is 2. The predicted molar refractivity (Wildman–Crippen MR) is 133 cm³/mol. The van der Waals surface area contributed by atoms with E-state index in [-0.39, 0.29) is 33.6 Å². The first-order chi connectivity index (χ1) is 13.4. The summed E-state index contributed by atoms with van der Waals surface area (Å²) in [5.74, 6) is -0.0232. The molecule has 0 aromatic carbocycles. The number of nitrogens with two attached hydrogens (primary N) is 1. The van der Waals surface area contributed by atoms with Crippen molar-refractivity contribution in [1.29, 1.82) is 0 Å². The van der Waals surface area contributed by atoms with Crippen LogP contribution in [0.1, 0.15) is 109 Å². The molecule has 0 rings (SSSR count). The first kappa shape index (κ1) is 29.9. The zero-order valence-corrected chi connectivity index (χ0v) is 22.9. The Labute approximate surface area is 193 Å². The van der Waals surface area contributed by atoms with Crippen LogP contribution in [-0.4, -0.2) is 30.4 Å². The smallest absolute Gasteiger partial charge is 0.225 e. The third-order valence-corrected chi connectivity index (χ3v) is 5.51. The molecular weight excluding hydrogens is 386 g/mol. The minimum Gasteiger partial charge on any atom is -0.355 e. The van der Waals surface area contributed by atoms with Crippen LogP contribution in [0.4, 0.5) is 0 Å². The van der Waals surface area contributed by atoms with Gasteiger partial charge in [0.2, 0.25) is 11.8 Å². The second kappa shape index (κ2) is 9.80. The Hall–Kier alpha value is -1.10. The van der Waals surface area contributed by atoms with Crippen molar-refractivity contribution in [2.45, 2.75) is 115 Å². The largest absolute Gasteiger partial charge is 0.355 e. The van der Waals surface area contributed by atoms with Crippen molar-refractivity contribution in [3.63, 3.8) is 0 Å². The topological polar surface area (TPSA) is 84.2 Å². The lowest BCUT2D eigenvalue weighted by Crippen LogP contribution is -2.48. The van der Waals surface area contributed by atoms with Gasteiger partial charge in [-0.1, -0.05) is 76.2 Å². The van der Waals surface area contributed by atoms with E-state index in [9.17, 15) is 9.59 Å². The average Bonchev–Trinajstić information content (AvgIpc) is 2.44. The number of hydrogen-bond donors (Lipinski definition) is 3. The molecule has 31 heavy (non-hydrogen) atoms. The Kier molecular flexibility index (Phi) is 9.46. The highest BCUT2D eigenvalue weighted by Gasteiger charge is 2.40. The maximum absolute atomic E-state index is 13.0. The summed E-state index contributed by atoms with van der Waals surface area (Å²) in [6.07, 6.45) is 2.29. The van der Waals surface area contributed by atoms with Gasteiger partial charge in [-0.3, -0.25) is 9.59 Å². The molecule has 0 bridgehead atoms. The Morgan fingerprint density at radius 3 is 1.19 bits per heavy atom. The molecule has 184 valence electrons. The Balaban J connectivity index is 4.97. The third kappa shape index (κ3) is 12.5. The third-order valence-electron chi connectivity index (χ3n) is 5.51. The molecule has 2 amide bonds. The van der Waals surface area contributed by atoms with Crippen LogP contribution in [0.5, 0.6) is 0 Å². The van der Waals surface area contributed by atoms with Crippen LogP contribution in [0.25, 0.3) is 0 Å². The highest BCUT2D eigenvalue weighted by Crippen LogP contribution is 2.36. The number of amides is 2. The molecule has 0 aliphatic carbocycles.